The van der Waals surface area contributed by atoms with Crippen LogP contribution in [0.2, 0.25) is 0 Å². The average Bonchev–Trinajstić information content (AvgIpc) is 3.15. The molecule has 1 N–H and O–H groups in total. The molecule has 25 heavy (non-hydrogen) atoms. The van der Waals surface area contributed by atoms with E-state index in [1.54, 1.807) is 0 Å². The number of likely N-dealkylation sites (tertiary alicyclic amines) is 1. The molecule has 0 amide bonds. The number of imidazole rings is 1. The van der Waals surface area contributed by atoms with Crippen LogP contribution in [0.5, 0.6) is 0 Å². The lowest BCUT2D eigenvalue weighted by molar-refractivity contribution is 0.188. The molecular formula is C19H36N6. The number of aliphatic imine (C=N–C) groups is 1. The smallest absolute Gasteiger partial charge is 0.194 e. The number of rotatable bonds is 7. The minimum atomic E-state index is 0.461. The molecule has 1 fully saturated rings. The third-order valence-electron chi connectivity index (χ3n) is 5.52. The van der Waals surface area contributed by atoms with Crippen molar-refractivity contribution in [2.45, 2.75) is 52.6 Å². The van der Waals surface area contributed by atoms with Gasteiger partial charge in [0, 0.05) is 44.6 Å². The fourth-order valence-corrected chi connectivity index (χ4v) is 3.37. The van der Waals surface area contributed by atoms with Crippen LogP contribution in [-0.4, -0.2) is 71.1 Å². The van der Waals surface area contributed by atoms with E-state index in [4.69, 9.17) is 4.99 Å². The molecule has 0 spiro atoms. The topological polar surface area (TPSA) is 48.7 Å². The number of piperidine rings is 1. The molecular weight excluding hydrogens is 312 g/mol. The van der Waals surface area contributed by atoms with Gasteiger partial charge in [-0.15, -0.1) is 0 Å². The van der Waals surface area contributed by atoms with Crippen LogP contribution >= 0.6 is 0 Å². The largest absolute Gasteiger partial charge is 0.357 e. The molecule has 0 aromatic carbocycles. The van der Waals surface area contributed by atoms with Gasteiger partial charge in [-0.1, -0.05) is 13.8 Å². The van der Waals surface area contributed by atoms with E-state index in [0.717, 1.165) is 38.7 Å². The zero-order valence-corrected chi connectivity index (χ0v) is 16.6. The molecule has 0 saturated carbocycles. The normalized spacial score (nSPS) is 23.1. The van der Waals surface area contributed by atoms with E-state index >= 15 is 0 Å². The van der Waals surface area contributed by atoms with Crippen LogP contribution in [0.25, 0.3) is 0 Å². The molecule has 2 heterocycles. The standard InChI is InChI=1S/C19H36N6/c1-6-17(4)23(5)12-10-22-19(21-7-2)24-11-8-16(3)18(14-24)25-13-9-20-15-25/h9,13,15-18H,6-8,10-12,14H2,1-5H3,(H,21,22). The van der Waals surface area contributed by atoms with Gasteiger partial charge < -0.3 is 19.7 Å². The van der Waals surface area contributed by atoms with Crippen molar-refractivity contribution in [3.63, 3.8) is 0 Å². The van der Waals surface area contributed by atoms with E-state index in [2.05, 4.69) is 65.6 Å². The molecule has 2 rings (SSSR count). The Morgan fingerprint density at radius 3 is 2.88 bits per heavy atom. The summed E-state index contributed by atoms with van der Waals surface area (Å²) in [4.78, 5) is 13.9. The molecule has 1 aliphatic heterocycles. The maximum absolute atomic E-state index is 4.90. The van der Waals surface area contributed by atoms with Gasteiger partial charge in [0.05, 0.1) is 18.9 Å². The molecule has 1 aliphatic rings. The monoisotopic (exact) mass is 348 g/mol. The highest BCUT2D eigenvalue weighted by atomic mass is 15.3. The second kappa shape index (κ2) is 9.80. The highest BCUT2D eigenvalue weighted by Crippen LogP contribution is 2.27. The lowest BCUT2D eigenvalue weighted by Crippen LogP contribution is -2.49. The van der Waals surface area contributed by atoms with E-state index in [9.17, 15) is 0 Å². The van der Waals surface area contributed by atoms with Gasteiger partial charge in [0.15, 0.2) is 5.96 Å². The third kappa shape index (κ3) is 5.46. The molecule has 1 aromatic heterocycles. The average molecular weight is 349 g/mol. The van der Waals surface area contributed by atoms with Crippen LogP contribution in [0.3, 0.4) is 0 Å². The van der Waals surface area contributed by atoms with Crippen LogP contribution in [0.15, 0.2) is 23.7 Å². The molecule has 1 aromatic rings. The molecule has 0 radical (unpaired) electrons. The lowest BCUT2D eigenvalue weighted by atomic mass is 9.93. The quantitative estimate of drug-likeness (QED) is 0.607. The summed E-state index contributed by atoms with van der Waals surface area (Å²) in [6.07, 6.45) is 8.25. The summed E-state index contributed by atoms with van der Waals surface area (Å²) in [6, 6.07) is 1.07. The minimum absolute atomic E-state index is 0.461. The first-order valence-corrected chi connectivity index (χ1v) is 9.77. The SMILES string of the molecule is CCNC(=NCCN(C)C(C)CC)N1CCC(C)C(n2ccnc2)C1. The molecule has 3 unspecified atom stereocenters. The van der Waals surface area contributed by atoms with Crippen LogP contribution in [-0.2, 0) is 0 Å². The van der Waals surface area contributed by atoms with Gasteiger partial charge in [-0.3, -0.25) is 4.99 Å². The number of hydrogen-bond acceptors (Lipinski definition) is 3. The van der Waals surface area contributed by atoms with E-state index in [0.29, 0.717) is 18.0 Å². The van der Waals surface area contributed by atoms with E-state index in [1.165, 1.54) is 12.8 Å². The first-order valence-electron chi connectivity index (χ1n) is 9.77. The summed E-state index contributed by atoms with van der Waals surface area (Å²) in [5.74, 6) is 1.71. The van der Waals surface area contributed by atoms with E-state index in [1.807, 2.05) is 12.5 Å². The minimum Gasteiger partial charge on any atom is -0.357 e. The highest BCUT2D eigenvalue weighted by Gasteiger charge is 2.28. The van der Waals surface area contributed by atoms with Gasteiger partial charge in [-0.25, -0.2) is 4.98 Å². The Labute approximate surface area is 153 Å². The summed E-state index contributed by atoms with van der Waals surface area (Å²) < 4.78 is 2.25. The number of guanidine groups is 1. The Morgan fingerprint density at radius 1 is 1.44 bits per heavy atom. The second-order valence-electron chi connectivity index (χ2n) is 7.26. The van der Waals surface area contributed by atoms with E-state index < -0.39 is 0 Å². The van der Waals surface area contributed by atoms with Crippen LogP contribution < -0.4 is 5.32 Å². The van der Waals surface area contributed by atoms with Gasteiger partial charge in [-0.05, 0) is 39.7 Å². The van der Waals surface area contributed by atoms with Crippen molar-refractivity contribution in [3.05, 3.63) is 18.7 Å². The van der Waals surface area contributed by atoms with E-state index in [-0.39, 0.29) is 0 Å². The fraction of sp³-hybridized carbons (Fsp3) is 0.789. The first-order chi connectivity index (χ1) is 12.1. The first kappa shape index (κ1) is 19.8. The molecule has 0 bridgehead atoms. The highest BCUT2D eigenvalue weighted by molar-refractivity contribution is 5.80. The summed E-state index contributed by atoms with van der Waals surface area (Å²) in [5.41, 5.74) is 0. The zero-order chi connectivity index (χ0) is 18.2. The van der Waals surface area contributed by atoms with Crippen molar-refractivity contribution >= 4 is 5.96 Å². The molecule has 0 aliphatic carbocycles. The summed E-state index contributed by atoms with van der Waals surface area (Å²) >= 11 is 0. The Balaban J connectivity index is 1.99. The fourth-order valence-electron chi connectivity index (χ4n) is 3.37. The van der Waals surface area contributed by atoms with Gasteiger partial charge in [0.2, 0.25) is 0 Å². The van der Waals surface area contributed by atoms with Gasteiger partial charge in [0.1, 0.15) is 0 Å². The van der Waals surface area contributed by atoms with Crippen molar-refractivity contribution in [3.8, 4) is 0 Å². The summed E-state index contributed by atoms with van der Waals surface area (Å²) in [5, 5.41) is 3.48. The van der Waals surface area contributed by atoms with Crippen LogP contribution in [0.1, 0.15) is 46.6 Å². The van der Waals surface area contributed by atoms with Crippen LogP contribution in [0, 0.1) is 5.92 Å². The number of nitrogens with one attached hydrogen (secondary N) is 1. The predicted molar refractivity (Wildman–Crippen MR) is 105 cm³/mol. The second-order valence-corrected chi connectivity index (χ2v) is 7.26. The molecule has 3 atom stereocenters. The number of aromatic nitrogens is 2. The molecule has 6 nitrogen and oxygen atoms in total. The molecule has 6 heteroatoms. The number of nitrogens with zero attached hydrogens (tertiary/aromatic N) is 5. The van der Waals surface area contributed by atoms with Gasteiger partial charge in [-0.2, -0.15) is 0 Å². The Bertz CT molecular complexity index is 512. The number of hydrogen-bond donors (Lipinski definition) is 1. The molecule has 142 valence electrons. The Kier molecular flexibility index (Phi) is 7.75. The van der Waals surface area contributed by atoms with Crippen molar-refractivity contribution in [2.24, 2.45) is 10.9 Å². The summed E-state index contributed by atoms with van der Waals surface area (Å²) in [7, 11) is 2.19. The number of likely N-dealkylation sites (N-methyl/N-ethyl adjacent to an activating group) is 1. The van der Waals surface area contributed by atoms with Crippen molar-refractivity contribution in [1.82, 2.24) is 24.7 Å². The maximum Gasteiger partial charge on any atom is 0.194 e. The predicted octanol–water partition coefficient (Wildman–Crippen LogP) is 2.46. The van der Waals surface area contributed by atoms with Crippen molar-refractivity contribution in [1.29, 1.82) is 0 Å². The Hall–Kier alpha value is -1.56. The zero-order valence-electron chi connectivity index (χ0n) is 16.6. The lowest BCUT2D eigenvalue weighted by Gasteiger charge is -2.39. The van der Waals surface area contributed by atoms with Crippen LogP contribution in [0.4, 0.5) is 0 Å². The Morgan fingerprint density at radius 2 is 2.24 bits per heavy atom. The van der Waals surface area contributed by atoms with Gasteiger partial charge >= 0.3 is 0 Å². The third-order valence-corrected chi connectivity index (χ3v) is 5.52. The van der Waals surface area contributed by atoms with Crippen molar-refractivity contribution < 1.29 is 0 Å². The van der Waals surface area contributed by atoms with Crippen molar-refractivity contribution in [2.75, 3.05) is 39.8 Å². The maximum atomic E-state index is 4.90. The summed E-state index contributed by atoms with van der Waals surface area (Å²) in [6.45, 7) is 13.8. The molecule has 1 saturated heterocycles. The van der Waals surface area contributed by atoms with Gasteiger partial charge in [0.25, 0.3) is 0 Å².